The maximum atomic E-state index is 12.9. The molecular weight excluding hydrogens is 416 g/mol. The zero-order chi connectivity index (χ0) is 22.2. The van der Waals surface area contributed by atoms with E-state index in [9.17, 15) is 13.2 Å². The number of piperidine rings is 1. The zero-order valence-corrected chi connectivity index (χ0v) is 19.2. The average Bonchev–Trinajstić information content (AvgIpc) is 2.97. The van der Waals surface area contributed by atoms with E-state index in [1.165, 1.54) is 6.26 Å². The Balaban J connectivity index is 1.49. The Kier molecular flexibility index (Phi) is 6.02. The number of amides is 2. The Hall–Kier alpha value is -2.46. The molecule has 0 bridgehead atoms. The van der Waals surface area contributed by atoms with E-state index >= 15 is 0 Å². The minimum absolute atomic E-state index is 0.138. The topological polar surface area (TPSA) is 100 Å². The molecule has 2 amide bonds. The first kappa shape index (κ1) is 21.8. The molecule has 1 atom stereocenters. The van der Waals surface area contributed by atoms with E-state index in [2.05, 4.69) is 21.6 Å². The number of hydrogen-bond acceptors (Lipinski definition) is 5. The molecule has 1 fully saturated rings. The number of rotatable bonds is 3. The Bertz CT molecular complexity index is 1060. The minimum Gasteiger partial charge on any atom is -0.322 e. The summed E-state index contributed by atoms with van der Waals surface area (Å²) in [6.07, 6.45) is 4.39. The number of carbonyl (C=O) groups excluding carboxylic acids is 1. The maximum absolute atomic E-state index is 12.9. The number of nitrogens with zero attached hydrogens (tertiary/aromatic N) is 5. The Morgan fingerprint density at radius 3 is 2.48 bits per heavy atom. The van der Waals surface area contributed by atoms with Gasteiger partial charge < -0.3 is 14.8 Å². The highest BCUT2D eigenvalue weighted by Gasteiger charge is 2.35. The third kappa shape index (κ3) is 4.74. The summed E-state index contributed by atoms with van der Waals surface area (Å²) in [6, 6.07) is 5.55. The van der Waals surface area contributed by atoms with Crippen LogP contribution in [0.25, 0.3) is 0 Å². The van der Waals surface area contributed by atoms with Crippen molar-refractivity contribution in [3.05, 3.63) is 41.0 Å². The molecule has 0 aliphatic carbocycles. The molecule has 1 N–H and O–H groups in total. The number of aromatic nitrogens is 3. The summed E-state index contributed by atoms with van der Waals surface area (Å²) in [5, 5.41) is 11.7. The number of aryl methyl sites for hydroxylation is 2. The van der Waals surface area contributed by atoms with E-state index in [0.717, 1.165) is 41.9 Å². The van der Waals surface area contributed by atoms with Crippen LogP contribution in [0.5, 0.6) is 0 Å². The number of fused-ring (bicyclic) bond motifs is 1. The number of carbonyl (C=O) groups is 1. The Morgan fingerprint density at radius 1 is 1.03 bits per heavy atom. The van der Waals surface area contributed by atoms with Crippen molar-refractivity contribution in [3.63, 3.8) is 0 Å². The predicted octanol–water partition coefficient (Wildman–Crippen LogP) is 2.47. The van der Waals surface area contributed by atoms with Crippen LogP contribution in [0.3, 0.4) is 0 Å². The molecule has 2 aliphatic heterocycles. The number of sulfonamides is 1. The first-order valence-corrected chi connectivity index (χ1v) is 12.6. The van der Waals surface area contributed by atoms with Gasteiger partial charge in [0.15, 0.2) is 5.82 Å². The fourth-order valence-corrected chi connectivity index (χ4v) is 5.73. The molecule has 10 heteroatoms. The van der Waals surface area contributed by atoms with E-state index in [4.69, 9.17) is 0 Å². The van der Waals surface area contributed by atoms with E-state index < -0.39 is 10.0 Å². The fraction of sp³-hybridized carbons (Fsp3) is 0.571. The summed E-state index contributed by atoms with van der Waals surface area (Å²) < 4.78 is 28.2. The molecule has 1 unspecified atom stereocenters. The van der Waals surface area contributed by atoms with Gasteiger partial charge in [0.1, 0.15) is 5.82 Å². The lowest BCUT2D eigenvalue weighted by atomic mass is 10.0. The lowest BCUT2D eigenvalue weighted by molar-refractivity contribution is 0.211. The summed E-state index contributed by atoms with van der Waals surface area (Å²) in [5.41, 5.74) is 2.99. The Morgan fingerprint density at radius 2 is 1.77 bits per heavy atom. The minimum atomic E-state index is -3.32. The van der Waals surface area contributed by atoms with Gasteiger partial charge in [0, 0.05) is 38.3 Å². The highest BCUT2D eigenvalue weighted by molar-refractivity contribution is 7.88. The van der Waals surface area contributed by atoms with Gasteiger partial charge in [-0.3, -0.25) is 0 Å². The quantitative estimate of drug-likeness (QED) is 0.781. The molecule has 0 saturated carbocycles. The molecule has 2 aromatic rings. The molecule has 168 valence electrons. The van der Waals surface area contributed by atoms with Crippen molar-refractivity contribution >= 4 is 21.7 Å². The van der Waals surface area contributed by atoms with E-state index in [0.29, 0.717) is 38.4 Å². The van der Waals surface area contributed by atoms with Crippen molar-refractivity contribution < 1.29 is 13.2 Å². The van der Waals surface area contributed by atoms with Gasteiger partial charge in [-0.2, -0.15) is 4.31 Å². The van der Waals surface area contributed by atoms with Crippen molar-refractivity contribution in [2.75, 3.05) is 31.2 Å². The summed E-state index contributed by atoms with van der Waals surface area (Å²) in [4.78, 5) is 14.7. The van der Waals surface area contributed by atoms with Crippen molar-refractivity contribution in [2.45, 2.75) is 52.1 Å². The summed E-state index contributed by atoms with van der Waals surface area (Å²) in [5.74, 6) is 1.49. The fourth-order valence-electron chi connectivity index (χ4n) is 4.60. The second-order valence-corrected chi connectivity index (χ2v) is 10.5. The van der Waals surface area contributed by atoms with Gasteiger partial charge in [-0.25, -0.2) is 13.2 Å². The highest BCUT2D eigenvalue weighted by atomic mass is 32.2. The normalized spacial score (nSPS) is 20.2. The predicted molar refractivity (Wildman–Crippen MR) is 118 cm³/mol. The Labute approximate surface area is 183 Å². The third-order valence-corrected chi connectivity index (χ3v) is 7.28. The van der Waals surface area contributed by atoms with E-state index in [-0.39, 0.29) is 12.1 Å². The SMILES string of the molecule is Cc1cc(C)cc(NC(=O)N2CCc3nnc(C4CCCCN4S(C)(=O)=O)n3CC2)c1. The molecule has 1 saturated heterocycles. The molecule has 3 heterocycles. The van der Waals surface area contributed by atoms with Gasteiger partial charge in [-0.05, 0) is 49.9 Å². The molecule has 0 spiro atoms. The zero-order valence-electron chi connectivity index (χ0n) is 18.3. The lowest BCUT2D eigenvalue weighted by Crippen LogP contribution is -2.39. The standard InChI is InChI=1S/C21H30N6O3S/c1-15-12-16(2)14-17(13-15)22-21(28)25-9-7-19-23-24-20(26(19)11-10-25)18-6-4-5-8-27(18)31(3,29)30/h12-14,18H,4-11H2,1-3H3,(H,22,28). The number of urea groups is 1. The number of hydrogen-bond donors (Lipinski definition) is 1. The number of nitrogens with one attached hydrogen (secondary N) is 1. The summed E-state index contributed by atoms with van der Waals surface area (Å²) in [6.45, 7) is 6.12. The van der Waals surface area contributed by atoms with Crippen LogP contribution in [0.4, 0.5) is 10.5 Å². The van der Waals surface area contributed by atoms with Gasteiger partial charge in [0.05, 0.1) is 12.3 Å². The number of anilines is 1. The molecule has 2 aliphatic rings. The summed E-state index contributed by atoms with van der Waals surface area (Å²) in [7, 11) is -3.32. The first-order valence-electron chi connectivity index (χ1n) is 10.8. The van der Waals surface area contributed by atoms with Crippen molar-refractivity contribution in [3.8, 4) is 0 Å². The molecular formula is C21H30N6O3S. The molecule has 0 radical (unpaired) electrons. The van der Waals surface area contributed by atoms with Gasteiger partial charge in [0.2, 0.25) is 10.0 Å². The molecule has 1 aromatic carbocycles. The second kappa shape index (κ2) is 8.58. The van der Waals surface area contributed by atoms with E-state index in [1.54, 1.807) is 9.21 Å². The third-order valence-electron chi connectivity index (χ3n) is 5.99. The van der Waals surface area contributed by atoms with Crippen molar-refractivity contribution in [1.82, 2.24) is 24.0 Å². The van der Waals surface area contributed by atoms with Crippen LogP contribution >= 0.6 is 0 Å². The smallest absolute Gasteiger partial charge is 0.321 e. The lowest BCUT2D eigenvalue weighted by Gasteiger charge is -2.33. The van der Waals surface area contributed by atoms with Crippen LogP contribution < -0.4 is 5.32 Å². The van der Waals surface area contributed by atoms with Gasteiger partial charge >= 0.3 is 6.03 Å². The number of benzene rings is 1. The average molecular weight is 447 g/mol. The monoisotopic (exact) mass is 446 g/mol. The van der Waals surface area contributed by atoms with Gasteiger partial charge in [-0.15, -0.1) is 10.2 Å². The largest absolute Gasteiger partial charge is 0.322 e. The van der Waals surface area contributed by atoms with Crippen molar-refractivity contribution in [1.29, 1.82) is 0 Å². The molecule has 9 nitrogen and oxygen atoms in total. The first-order chi connectivity index (χ1) is 14.7. The van der Waals surface area contributed by atoms with E-state index in [1.807, 2.05) is 30.5 Å². The van der Waals surface area contributed by atoms with Crippen LogP contribution in [-0.4, -0.2) is 64.3 Å². The van der Waals surface area contributed by atoms with Gasteiger partial charge in [0.25, 0.3) is 0 Å². The second-order valence-electron chi connectivity index (χ2n) is 8.55. The molecule has 4 rings (SSSR count). The van der Waals surface area contributed by atoms with Crippen LogP contribution in [-0.2, 0) is 23.0 Å². The van der Waals surface area contributed by atoms with Crippen LogP contribution in [0.2, 0.25) is 0 Å². The summed E-state index contributed by atoms with van der Waals surface area (Å²) >= 11 is 0. The van der Waals surface area contributed by atoms with Crippen LogP contribution in [0.1, 0.15) is 48.1 Å². The molecule has 31 heavy (non-hydrogen) atoms. The maximum Gasteiger partial charge on any atom is 0.321 e. The van der Waals surface area contributed by atoms with Gasteiger partial charge in [-0.1, -0.05) is 12.5 Å². The molecule has 1 aromatic heterocycles. The van der Waals surface area contributed by atoms with Crippen LogP contribution in [0, 0.1) is 13.8 Å². The van der Waals surface area contributed by atoms with Crippen LogP contribution in [0.15, 0.2) is 18.2 Å². The highest BCUT2D eigenvalue weighted by Crippen LogP contribution is 2.32. The van der Waals surface area contributed by atoms with Crippen molar-refractivity contribution in [2.24, 2.45) is 0 Å².